The summed E-state index contributed by atoms with van der Waals surface area (Å²) >= 11 is 1.51. The summed E-state index contributed by atoms with van der Waals surface area (Å²) in [6.07, 6.45) is 5.18. The van der Waals surface area contributed by atoms with Crippen LogP contribution in [0.4, 0.5) is 5.69 Å². The van der Waals surface area contributed by atoms with Crippen LogP contribution >= 0.6 is 11.8 Å². The number of nitrogens with one attached hydrogen (secondary N) is 1. The zero-order chi connectivity index (χ0) is 13.7. The Bertz CT molecular complexity index is 436. The number of benzene rings is 1. The van der Waals surface area contributed by atoms with Crippen molar-refractivity contribution in [3.8, 4) is 0 Å². The molecule has 2 unspecified atom stereocenters. The predicted octanol–water partition coefficient (Wildman–Crippen LogP) is 3.25. The second-order valence-electron chi connectivity index (χ2n) is 5.26. The van der Waals surface area contributed by atoms with E-state index in [1.807, 2.05) is 18.2 Å². The van der Waals surface area contributed by atoms with E-state index in [9.17, 15) is 4.79 Å². The lowest BCUT2D eigenvalue weighted by atomic mass is 9.86. The predicted molar refractivity (Wildman–Crippen MR) is 81.4 cm³/mol. The van der Waals surface area contributed by atoms with Crippen LogP contribution in [0.15, 0.2) is 29.2 Å². The van der Waals surface area contributed by atoms with Gasteiger partial charge in [0.05, 0.1) is 5.75 Å². The number of para-hydroxylation sites is 1. The van der Waals surface area contributed by atoms with Crippen LogP contribution < -0.4 is 11.1 Å². The van der Waals surface area contributed by atoms with Crippen LogP contribution in [0, 0.1) is 5.92 Å². The van der Waals surface area contributed by atoms with Crippen molar-refractivity contribution in [3.05, 3.63) is 24.3 Å². The molecule has 19 heavy (non-hydrogen) atoms. The van der Waals surface area contributed by atoms with Crippen molar-refractivity contribution in [3.63, 3.8) is 0 Å². The first-order valence-electron chi connectivity index (χ1n) is 6.93. The molecule has 0 spiro atoms. The zero-order valence-electron chi connectivity index (χ0n) is 11.4. The van der Waals surface area contributed by atoms with Crippen LogP contribution in [0.1, 0.15) is 32.6 Å². The third-order valence-corrected chi connectivity index (χ3v) is 4.81. The fraction of sp³-hybridized carbons (Fsp3) is 0.533. The van der Waals surface area contributed by atoms with Gasteiger partial charge in [-0.1, -0.05) is 31.9 Å². The van der Waals surface area contributed by atoms with Crippen LogP contribution in [0.25, 0.3) is 0 Å². The Morgan fingerprint density at radius 3 is 2.84 bits per heavy atom. The minimum absolute atomic E-state index is 0.272. The van der Waals surface area contributed by atoms with E-state index in [1.54, 1.807) is 0 Å². The van der Waals surface area contributed by atoms with Crippen molar-refractivity contribution < 1.29 is 4.79 Å². The number of amides is 1. The Morgan fingerprint density at radius 2 is 2.11 bits per heavy atom. The van der Waals surface area contributed by atoms with Gasteiger partial charge in [-0.3, -0.25) is 4.79 Å². The van der Waals surface area contributed by atoms with Gasteiger partial charge in [-0.15, -0.1) is 11.8 Å². The molecule has 1 aromatic carbocycles. The number of nitrogens with two attached hydrogens (primary N) is 1. The van der Waals surface area contributed by atoms with Gasteiger partial charge in [0.15, 0.2) is 0 Å². The van der Waals surface area contributed by atoms with E-state index in [4.69, 9.17) is 5.73 Å². The lowest BCUT2D eigenvalue weighted by molar-refractivity contribution is -0.115. The summed E-state index contributed by atoms with van der Waals surface area (Å²) in [6.45, 7) is 2.32. The molecule has 0 aliphatic heterocycles. The Kier molecular flexibility index (Phi) is 5.14. The molecule has 1 aromatic rings. The van der Waals surface area contributed by atoms with Crippen molar-refractivity contribution in [2.45, 2.75) is 43.5 Å². The number of carbonyl (C=O) groups excluding carboxylic acids is 1. The fourth-order valence-corrected chi connectivity index (χ4v) is 3.35. The van der Waals surface area contributed by atoms with E-state index in [1.165, 1.54) is 37.4 Å². The number of thioether (sulfide) groups is 1. The van der Waals surface area contributed by atoms with Gasteiger partial charge in [-0.25, -0.2) is 0 Å². The molecule has 2 rings (SSSR count). The maximum Gasteiger partial charge on any atom is 0.227 e. The second kappa shape index (κ2) is 6.85. The summed E-state index contributed by atoms with van der Waals surface area (Å²) in [4.78, 5) is 12.0. The van der Waals surface area contributed by atoms with E-state index in [0.29, 0.717) is 17.7 Å². The molecule has 3 nitrogen and oxygen atoms in total. The second-order valence-corrected chi connectivity index (χ2v) is 6.28. The van der Waals surface area contributed by atoms with Crippen LogP contribution in [-0.2, 0) is 4.79 Å². The van der Waals surface area contributed by atoms with E-state index >= 15 is 0 Å². The van der Waals surface area contributed by atoms with E-state index < -0.39 is 0 Å². The highest BCUT2D eigenvalue weighted by molar-refractivity contribution is 8.00. The maximum atomic E-state index is 10.9. The van der Waals surface area contributed by atoms with E-state index in [0.717, 1.165) is 10.6 Å². The van der Waals surface area contributed by atoms with Gasteiger partial charge in [0.25, 0.3) is 0 Å². The normalized spacial score (nSPS) is 23.0. The molecule has 0 saturated heterocycles. The highest BCUT2D eigenvalue weighted by atomic mass is 32.2. The van der Waals surface area contributed by atoms with Crippen LogP contribution in [0.3, 0.4) is 0 Å². The van der Waals surface area contributed by atoms with Crippen molar-refractivity contribution in [2.24, 2.45) is 11.7 Å². The number of hydrogen-bond acceptors (Lipinski definition) is 3. The lowest BCUT2D eigenvalue weighted by Crippen LogP contribution is -2.30. The average molecular weight is 278 g/mol. The standard InChI is InChI=1S/C15H22N2OS/c1-11-6-2-3-7-12(11)17-13-8-4-5-9-14(13)19-10-15(16)18/h4-5,8-9,11-12,17H,2-3,6-7,10H2,1H3,(H2,16,18). The Balaban J connectivity index is 2.04. The SMILES string of the molecule is CC1CCCCC1Nc1ccccc1SCC(N)=O. The Hall–Kier alpha value is -1.16. The summed E-state index contributed by atoms with van der Waals surface area (Å²) in [5, 5.41) is 3.65. The largest absolute Gasteiger partial charge is 0.381 e. The third kappa shape index (κ3) is 4.16. The average Bonchev–Trinajstić information content (AvgIpc) is 2.40. The molecule has 104 valence electrons. The molecule has 1 fully saturated rings. The number of primary amides is 1. The van der Waals surface area contributed by atoms with Crippen molar-refractivity contribution >= 4 is 23.4 Å². The van der Waals surface area contributed by atoms with Crippen molar-refractivity contribution in [1.82, 2.24) is 0 Å². The highest BCUT2D eigenvalue weighted by Crippen LogP contribution is 2.31. The first kappa shape index (κ1) is 14.3. The molecule has 1 aliphatic carbocycles. The molecule has 0 bridgehead atoms. The van der Waals surface area contributed by atoms with Crippen LogP contribution in [0.2, 0.25) is 0 Å². The summed E-state index contributed by atoms with van der Waals surface area (Å²) in [7, 11) is 0. The number of carbonyl (C=O) groups is 1. The monoisotopic (exact) mass is 278 g/mol. The van der Waals surface area contributed by atoms with Crippen molar-refractivity contribution in [1.29, 1.82) is 0 Å². The third-order valence-electron chi connectivity index (χ3n) is 3.71. The topological polar surface area (TPSA) is 55.1 Å². The number of hydrogen-bond donors (Lipinski definition) is 2. The first-order valence-corrected chi connectivity index (χ1v) is 7.92. The molecule has 0 heterocycles. The minimum atomic E-state index is -0.272. The summed E-state index contributed by atoms with van der Waals surface area (Å²) < 4.78 is 0. The van der Waals surface area contributed by atoms with Gasteiger partial charge in [-0.05, 0) is 30.9 Å². The summed E-state index contributed by atoms with van der Waals surface area (Å²) in [5.41, 5.74) is 6.35. The van der Waals surface area contributed by atoms with Gasteiger partial charge < -0.3 is 11.1 Å². The Labute approximate surface area is 119 Å². The maximum absolute atomic E-state index is 10.9. The van der Waals surface area contributed by atoms with E-state index in [-0.39, 0.29) is 5.91 Å². The van der Waals surface area contributed by atoms with Crippen LogP contribution in [0.5, 0.6) is 0 Å². The number of rotatable bonds is 5. The lowest BCUT2D eigenvalue weighted by Gasteiger charge is -2.31. The van der Waals surface area contributed by atoms with E-state index in [2.05, 4.69) is 18.3 Å². The molecule has 4 heteroatoms. The smallest absolute Gasteiger partial charge is 0.227 e. The first-order chi connectivity index (χ1) is 9.16. The highest BCUT2D eigenvalue weighted by Gasteiger charge is 2.21. The fourth-order valence-electron chi connectivity index (χ4n) is 2.59. The molecule has 1 amide bonds. The molecule has 2 atom stereocenters. The van der Waals surface area contributed by atoms with Gasteiger partial charge in [0.2, 0.25) is 5.91 Å². The quantitative estimate of drug-likeness (QED) is 0.813. The minimum Gasteiger partial charge on any atom is -0.381 e. The van der Waals surface area contributed by atoms with Crippen molar-refractivity contribution in [2.75, 3.05) is 11.1 Å². The molecular weight excluding hydrogens is 256 g/mol. The molecule has 3 N–H and O–H groups in total. The molecule has 0 aromatic heterocycles. The zero-order valence-corrected chi connectivity index (χ0v) is 12.2. The van der Waals surface area contributed by atoms with Gasteiger partial charge in [0.1, 0.15) is 0 Å². The summed E-state index contributed by atoms with van der Waals surface area (Å²) in [5.74, 6) is 0.771. The van der Waals surface area contributed by atoms with Gasteiger partial charge >= 0.3 is 0 Å². The summed E-state index contributed by atoms with van der Waals surface area (Å²) in [6, 6.07) is 8.71. The number of anilines is 1. The molecule has 1 aliphatic rings. The Morgan fingerprint density at radius 1 is 1.37 bits per heavy atom. The molecular formula is C15H22N2OS. The van der Waals surface area contributed by atoms with Crippen LogP contribution in [-0.4, -0.2) is 17.7 Å². The molecule has 0 radical (unpaired) electrons. The molecule has 1 saturated carbocycles. The van der Waals surface area contributed by atoms with Gasteiger partial charge in [-0.2, -0.15) is 0 Å². The van der Waals surface area contributed by atoms with Gasteiger partial charge in [0, 0.05) is 16.6 Å².